The minimum atomic E-state index is 0.0792. The lowest BCUT2D eigenvalue weighted by Crippen LogP contribution is -2.46. The van der Waals surface area contributed by atoms with E-state index in [2.05, 4.69) is 40.7 Å². The molecule has 1 unspecified atom stereocenters. The van der Waals surface area contributed by atoms with Crippen LogP contribution in [0.5, 0.6) is 0 Å². The summed E-state index contributed by atoms with van der Waals surface area (Å²) in [6, 6.07) is 0.948. The largest absolute Gasteiger partial charge is 0.335 e. The first-order valence-corrected chi connectivity index (χ1v) is 9.28. The first-order valence-electron chi connectivity index (χ1n) is 9.28. The van der Waals surface area contributed by atoms with E-state index in [9.17, 15) is 4.79 Å². The van der Waals surface area contributed by atoms with E-state index in [-0.39, 0.29) is 6.03 Å². The maximum absolute atomic E-state index is 12.8. The van der Waals surface area contributed by atoms with E-state index in [4.69, 9.17) is 0 Å². The zero-order valence-electron chi connectivity index (χ0n) is 15.2. The Kier molecular flexibility index (Phi) is 5.43. The van der Waals surface area contributed by atoms with Crippen molar-refractivity contribution in [2.75, 3.05) is 20.1 Å². The highest BCUT2D eigenvalue weighted by Gasteiger charge is 2.28. The number of nitrogens with one attached hydrogen (secondary N) is 1. The van der Waals surface area contributed by atoms with Crippen LogP contribution in [0.1, 0.15) is 45.4 Å². The summed E-state index contributed by atoms with van der Waals surface area (Å²) >= 11 is 0. The van der Waals surface area contributed by atoms with Gasteiger partial charge in [-0.1, -0.05) is 12.8 Å². The lowest BCUT2D eigenvalue weighted by atomic mass is 10.1. The lowest BCUT2D eigenvalue weighted by molar-refractivity contribution is 0.163. The maximum Gasteiger partial charge on any atom is 0.318 e. The first kappa shape index (κ1) is 17.3. The summed E-state index contributed by atoms with van der Waals surface area (Å²) in [4.78, 5) is 21.5. The lowest BCUT2D eigenvalue weighted by Gasteiger charge is -2.30. The molecular formula is C18H31N5O. The molecule has 0 bridgehead atoms. The number of rotatable bonds is 4. The number of imidazole rings is 1. The third-order valence-corrected chi connectivity index (χ3v) is 5.47. The van der Waals surface area contributed by atoms with Gasteiger partial charge in [-0.25, -0.2) is 9.78 Å². The third kappa shape index (κ3) is 4.09. The monoisotopic (exact) mass is 333 g/mol. The fourth-order valence-corrected chi connectivity index (χ4v) is 3.77. The number of urea groups is 1. The number of aromatic nitrogens is 2. The van der Waals surface area contributed by atoms with Crippen LogP contribution in [0.2, 0.25) is 0 Å². The predicted octanol–water partition coefficient (Wildman–Crippen LogP) is 2.31. The number of hydrogen-bond acceptors (Lipinski definition) is 3. The summed E-state index contributed by atoms with van der Waals surface area (Å²) in [6.45, 7) is 7.74. The molecule has 2 aliphatic rings. The Morgan fingerprint density at radius 1 is 1.38 bits per heavy atom. The molecule has 0 saturated heterocycles. The van der Waals surface area contributed by atoms with Crippen molar-refractivity contribution in [3.05, 3.63) is 18.2 Å². The van der Waals surface area contributed by atoms with E-state index in [0.29, 0.717) is 24.5 Å². The molecule has 0 spiro atoms. The van der Waals surface area contributed by atoms with Crippen molar-refractivity contribution in [3.8, 4) is 0 Å². The van der Waals surface area contributed by atoms with Gasteiger partial charge in [-0.15, -0.1) is 0 Å². The van der Waals surface area contributed by atoms with Crippen LogP contribution in [0.4, 0.5) is 4.79 Å². The quantitative estimate of drug-likeness (QED) is 0.920. The van der Waals surface area contributed by atoms with E-state index in [1.54, 1.807) is 0 Å². The van der Waals surface area contributed by atoms with Crippen LogP contribution >= 0.6 is 0 Å². The van der Waals surface area contributed by atoms with Gasteiger partial charge < -0.3 is 19.7 Å². The van der Waals surface area contributed by atoms with Crippen molar-refractivity contribution < 1.29 is 4.79 Å². The highest BCUT2D eigenvalue weighted by atomic mass is 16.2. The summed E-state index contributed by atoms with van der Waals surface area (Å²) in [7, 11) is 2.16. The van der Waals surface area contributed by atoms with Crippen LogP contribution in [-0.2, 0) is 13.1 Å². The van der Waals surface area contributed by atoms with Gasteiger partial charge in [-0.2, -0.15) is 0 Å². The van der Waals surface area contributed by atoms with Crippen LogP contribution in [0, 0.1) is 5.92 Å². The molecular weight excluding hydrogens is 302 g/mol. The summed E-state index contributed by atoms with van der Waals surface area (Å²) in [5.74, 6) is 1.41. The fourth-order valence-electron chi connectivity index (χ4n) is 3.77. The number of carbonyl (C=O) groups excluding carboxylic acids is 1. The van der Waals surface area contributed by atoms with Crippen LogP contribution in [0.3, 0.4) is 0 Å². The molecule has 1 N–H and O–H groups in total. The van der Waals surface area contributed by atoms with Gasteiger partial charge >= 0.3 is 6.03 Å². The molecule has 6 heteroatoms. The average Bonchev–Trinajstić information content (AvgIpc) is 3.16. The highest BCUT2D eigenvalue weighted by Crippen LogP contribution is 2.20. The van der Waals surface area contributed by atoms with Crippen LogP contribution in [0.25, 0.3) is 0 Å². The second kappa shape index (κ2) is 7.55. The SMILES string of the molecule is CC(C)N(C)CC1CN(C(=O)NC2CCCC2)Cc2nccn2C1. The zero-order chi connectivity index (χ0) is 17.1. The number of amides is 2. The van der Waals surface area contributed by atoms with Crippen molar-refractivity contribution in [2.24, 2.45) is 5.92 Å². The second-order valence-corrected chi connectivity index (χ2v) is 7.71. The Hall–Kier alpha value is -1.56. The Bertz CT molecular complexity index is 549. The molecule has 1 aromatic heterocycles. The first-order chi connectivity index (χ1) is 11.5. The van der Waals surface area contributed by atoms with Crippen molar-refractivity contribution in [1.82, 2.24) is 24.7 Å². The molecule has 0 aromatic carbocycles. The third-order valence-electron chi connectivity index (χ3n) is 5.47. The molecule has 1 aliphatic heterocycles. The summed E-state index contributed by atoms with van der Waals surface area (Å²) < 4.78 is 2.21. The van der Waals surface area contributed by atoms with E-state index >= 15 is 0 Å². The zero-order valence-corrected chi connectivity index (χ0v) is 15.2. The topological polar surface area (TPSA) is 53.4 Å². The minimum absolute atomic E-state index is 0.0792. The average molecular weight is 333 g/mol. The number of nitrogens with zero attached hydrogens (tertiary/aromatic N) is 4. The molecule has 1 saturated carbocycles. The van der Waals surface area contributed by atoms with Gasteiger partial charge in [-0.05, 0) is 33.7 Å². The molecule has 6 nitrogen and oxygen atoms in total. The summed E-state index contributed by atoms with van der Waals surface area (Å²) in [6.07, 6.45) is 8.59. The standard InChI is InChI=1S/C18H31N5O/c1-14(2)21(3)10-15-11-22-9-8-19-17(22)13-23(12-15)18(24)20-16-6-4-5-7-16/h8-9,14-16H,4-7,10-13H2,1-3H3,(H,20,24). The molecule has 24 heavy (non-hydrogen) atoms. The van der Waals surface area contributed by atoms with Gasteiger partial charge in [0.2, 0.25) is 0 Å². The van der Waals surface area contributed by atoms with Crippen molar-refractivity contribution in [1.29, 1.82) is 0 Å². The van der Waals surface area contributed by atoms with Gasteiger partial charge in [0, 0.05) is 50.0 Å². The second-order valence-electron chi connectivity index (χ2n) is 7.71. The minimum Gasteiger partial charge on any atom is -0.335 e. The molecule has 3 rings (SSSR count). The van der Waals surface area contributed by atoms with Gasteiger partial charge in [0.15, 0.2) is 0 Å². The van der Waals surface area contributed by atoms with Crippen LogP contribution in [0.15, 0.2) is 12.4 Å². The van der Waals surface area contributed by atoms with Gasteiger partial charge in [0.1, 0.15) is 5.82 Å². The number of fused-ring (bicyclic) bond motifs is 1. The molecule has 1 aliphatic carbocycles. The van der Waals surface area contributed by atoms with Crippen molar-refractivity contribution in [3.63, 3.8) is 0 Å². The molecule has 0 radical (unpaired) electrons. The van der Waals surface area contributed by atoms with Gasteiger partial charge in [-0.3, -0.25) is 0 Å². The fraction of sp³-hybridized carbons (Fsp3) is 0.778. The molecule has 1 aromatic rings. The summed E-state index contributed by atoms with van der Waals surface area (Å²) in [5, 5.41) is 3.23. The Morgan fingerprint density at radius 2 is 2.12 bits per heavy atom. The van der Waals surface area contributed by atoms with Gasteiger partial charge in [0.05, 0.1) is 6.54 Å². The number of carbonyl (C=O) groups is 1. The highest BCUT2D eigenvalue weighted by molar-refractivity contribution is 5.74. The Balaban J connectivity index is 1.69. The molecule has 2 amide bonds. The van der Waals surface area contributed by atoms with E-state index in [1.165, 1.54) is 12.8 Å². The maximum atomic E-state index is 12.8. The number of hydrogen-bond donors (Lipinski definition) is 1. The van der Waals surface area contributed by atoms with Crippen LogP contribution < -0.4 is 5.32 Å². The van der Waals surface area contributed by atoms with Crippen LogP contribution in [-0.4, -0.2) is 57.6 Å². The normalized spacial score (nSPS) is 22.0. The van der Waals surface area contributed by atoms with Crippen molar-refractivity contribution in [2.45, 2.75) is 64.7 Å². The van der Waals surface area contributed by atoms with E-state index < -0.39 is 0 Å². The Morgan fingerprint density at radius 3 is 2.83 bits per heavy atom. The summed E-state index contributed by atoms with van der Waals surface area (Å²) in [5.41, 5.74) is 0. The molecule has 1 fully saturated rings. The van der Waals surface area contributed by atoms with E-state index in [1.807, 2.05) is 17.3 Å². The Labute approximate surface area is 145 Å². The molecule has 1 atom stereocenters. The van der Waals surface area contributed by atoms with Crippen molar-refractivity contribution >= 4 is 6.03 Å². The van der Waals surface area contributed by atoms with Gasteiger partial charge in [0.25, 0.3) is 0 Å². The van der Waals surface area contributed by atoms with E-state index in [0.717, 1.165) is 38.3 Å². The molecule has 134 valence electrons. The predicted molar refractivity (Wildman–Crippen MR) is 94.7 cm³/mol. The smallest absolute Gasteiger partial charge is 0.318 e. The molecule has 2 heterocycles.